The highest BCUT2D eigenvalue weighted by Crippen LogP contribution is 2.14. The zero-order valence-corrected chi connectivity index (χ0v) is 14.1. The van der Waals surface area contributed by atoms with E-state index in [1.807, 2.05) is 23.9 Å². The van der Waals surface area contributed by atoms with E-state index < -0.39 is 6.10 Å². The van der Waals surface area contributed by atoms with Gasteiger partial charge in [-0.05, 0) is 24.1 Å². The zero-order valence-electron chi connectivity index (χ0n) is 13.3. The van der Waals surface area contributed by atoms with Crippen molar-refractivity contribution in [2.45, 2.75) is 12.5 Å². The molecule has 2 fully saturated rings. The molecule has 2 aliphatic heterocycles. The highest BCUT2D eigenvalue weighted by atomic mass is 32.2. The number of anilines is 1. The molecule has 1 atom stereocenters. The van der Waals surface area contributed by atoms with Gasteiger partial charge in [-0.2, -0.15) is 11.8 Å². The maximum Gasteiger partial charge on any atom is 0.255 e. The number of carbonyl (C=O) groups excluding carboxylic acids is 1. The van der Waals surface area contributed by atoms with Crippen molar-refractivity contribution >= 4 is 23.4 Å². The monoisotopic (exact) mass is 336 g/mol. The molecule has 1 N–H and O–H groups in total. The highest BCUT2D eigenvalue weighted by Gasteiger charge is 2.22. The van der Waals surface area contributed by atoms with Crippen molar-refractivity contribution in [1.29, 1.82) is 0 Å². The summed E-state index contributed by atoms with van der Waals surface area (Å²) in [4.78, 5) is 14.6. The molecule has 0 bridgehead atoms. The molecule has 0 saturated carbocycles. The van der Waals surface area contributed by atoms with Crippen LogP contribution >= 0.6 is 11.8 Å². The molecule has 3 rings (SSSR count). The van der Waals surface area contributed by atoms with E-state index in [0.29, 0.717) is 19.8 Å². The molecule has 0 unspecified atom stereocenters. The summed E-state index contributed by atoms with van der Waals surface area (Å²) in [5.74, 6) is 2.36. The summed E-state index contributed by atoms with van der Waals surface area (Å²) in [7, 11) is 0. The quantitative estimate of drug-likeness (QED) is 0.886. The number of thioether (sulfide) groups is 1. The molecule has 1 amide bonds. The van der Waals surface area contributed by atoms with Crippen LogP contribution in [0.4, 0.5) is 5.69 Å². The van der Waals surface area contributed by atoms with Crippen molar-refractivity contribution < 1.29 is 14.3 Å². The Kier molecular flexibility index (Phi) is 6.33. The predicted octanol–water partition coefficient (Wildman–Crippen LogP) is 1.63. The van der Waals surface area contributed by atoms with Crippen LogP contribution in [0.3, 0.4) is 0 Å². The van der Waals surface area contributed by atoms with Gasteiger partial charge in [0.15, 0.2) is 6.10 Å². The van der Waals surface area contributed by atoms with Gasteiger partial charge in [0.25, 0.3) is 5.91 Å². The van der Waals surface area contributed by atoms with Gasteiger partial charge >= 0.3 is 0 Å². The van der Waals surface area contributed by atoms with E-state index in [9.17, 15) is 4.79 Å². The summed E-state index contributed by atoms with van der Waals surface area (Å²) in [5, 5.41) is 2.89. The number of nitrogens with zero attached hydrogens (tertiary/aromatic N) is 1. The van der Waals surface area contributed by atoms with Gasteiger partial charge in [-0.25, -0.2) is 0 Å². The largest absolute Gasteiger partial charge is 0.376 e. The average molecular weight is 336 g/mol. The van der Waals surface area contributed by atoms with Gasteiger partial charge in [-0.15, -0.1) is 0 Å². The Hall–Kier alpha value is -1.08. The summed E-state index contributed by atoms with van der Waals surface area (Å²) in [5.41, 5.74) is 2.11. The van der Waals surface area contributed by atoms with Crippen LogP contribution in [0.25, 0.3) is 0 Å². The Morgan fingerprint density at radius 2 is 2.00 bits per heavy atom. The summed E-state index contributed by atoms with van der Waals surface area (Å²) in [6.07, 6.45) is 0.554. The number of nitrogens with one attached hydrogen (secondary N) is 1. The van der Waals surface area contributed by atoms with Crippen molar-refractivity contribution in [3.05, 3.63) is 29.8 Å². The number of hydrogen-bond acceptors (Lipinski definition) is 5. The molecule has 0 spiro atoms. The van der Waals surface area contributed by atoms with Gasteiger partial charge < -0.3 is 19.7 Å². The van der Waals surface area contributed by atoms with Crippen LogP contribution in [0, 0.1) is 0 Å². The smallest absolute Gasteiger partial charge is 0.255 e. The van der Waals surface area contributed by atoms with Crippen molar-refractivity contribution in [2.24, 2.45) is 0 Å². The van der Waals surface area contributed by atoms with Crippen LogP contribution in [0.1, 0.15) is 5.56 Å². The normalized spacial score (nSPS) is 22.7. The lowest BCUT2D eigenvalue weighted by atomic mass is 10.1. The number of ether oxygens (including phenoxy) is 2. The zero-order chi connectivity index (χ0) is 15.9. The van der Waals surface area contributed by atoms with Crippen molar-refractivity contribution in [3.8, 4) is 0 Å². The molecule has 2 heterocycles. The number of benzene rings is 1. The molecule has 6 heteroatoms. The minimum Gasteiger partial charge on any atom is -0.376 e. The Bertz CT molecular complexity index is 497. The molecular weight excluding hydrogens is 312 g/mol. The van der Waals surface area contributed by atoms with E-state index in [1.165, 1.54) is 30.2 Å². The number of carbonyl (C=O) groups is 1. The summed E-state index contributed by atoms with van der Waals surface area (Å²) in [6.45, 7) is 4.88. The lowest BCUT2D eigenvalue weighted by Gasteiger charge is -2.26. The van der Waals surface area contributed by atoms with Crippen LogP contribution in [-0.2, 0) is 20.7 Å². The summed E-state index contributed by atoms with van der Waals surface area (Å²) >= 11 is 2.04. The molecule has 1 aromatic rings. The van der Waals surface area contributed by atoms with Crippen LogP contribution in [0.15, 0.2) is 24.3 Å². The highest BCUT2D eigenvalue weighted by molar-refractivity contribution is 7.99. The molecule has 5 nitrogen and oxygen atoms in total. The Morgan fingerprint density at radius 1 is 1.22 bits per heavy atom. The van der Waals surface area contributed by atoms with Gasteiger partial charge in [-0.1, -0.05) is 12.1 Å². The van der Waals surface area contributed by atoms with Crippen molar-refractivity contribution in [3.63, 3.8) is 0 Å². The minimum atomic E-state index is -0.500. The fourth-order valence-electron chi connectivity index (χ4n) is 2.73. The van der Waals surface area contributed by atoms with Crippen LogP contribution < -0.4 is 5.32 Å². The third-order valence-corrected chi connectivity index (χ3v) is 5.09. The van der Waals surface area contributed by atoms with E-state index in [1.54, 1.807) is 0 Å². The average Bonchev–Trinajstić information content (AvgIpc) is 2.63. The third-order valence-electron chi connectivity index (χ3n) is 4.15. The maximum absolute atomic E-state index is 12.1. The minimum absolute atomic E-state index is 0.136. The van der Waals surface area contributed by atoms with Crippen LogP contribution in [0.5, 0.6) is 0 Å². The first-order chi connectivity index (χ1) is 11.3. The fraction of sp³-hybridized carbons (Fsp3) is 0.588. The second-order valence-corrected chi connectivity index (χ2v) is 7.05. The molecule has 1 aromatic carbocycles. The van der Waals surface area contributed by atoms with Gasteiger partial charge in [0.1, 0.15) is 0 Å². The van der Waals surface area contributed by atoms with E-state index in [0.717, 1.165) is 18.7 Å². The molecule has 23 heavy (non-hydrogen) atoms. The molecular formula is C17H24N2O3S. The molecule has 126 valence electrons. The topological polar surface area (TPSA) is 50.8 Å². The first kappa shape index (κ1) is 16.8. The van der Waals surface area contributed by atoms with Crippen LogP contribution in [0.2, 0.25) is 0 Å². The first-order valence-corrected chi connectivity index (χ1v) is 9.36. The molecule has 0 aliphatic carbocycles. The molecule has 0 aromatic heterocycles. The predicted molar refractivity (Wildman–Crippen MR) is 93.1 cm³/mol. The van der Waals surface area contributed by atoms with E-state index >= 15 is 0 Å². The molecule has 0 radical (unpaired) electrons. The Morgan fingerprint density at radius 3 is 2.70 bits per heavy atom. The van der Waals surface area contributed by atoms with Crippen LogP contribution in [-0.4, -0.2) is 67.9 Å². The Balaban J connectivity index is 1.45. The number of rotatable bonds is 5. The van der Waals surface area contributed by atoms with E-state index in [4.69, 9.17) is 9.47 Å². The fourth-order valence-corrected chi connectivity index (χ4v) is 3.71. The van der Waals surface area contributed by atoms with Crippen molar-refractivity contribution in [2.75, 3.05) is 56.3 Å². The molecule has 2 aliphatic rings. The number of amides is 1. The second-order valence-electron chi connectivity index (χ2n) is 5.82. The van der Waals surface area contributed by atoms with E-state index in [-0.39, 0.29) is 5.91 Å². The van der Waals surface area contributed by atoms with Gasteiger partial charge in [0.05, 0.1) is 19.8 Å². The molecule has 2 saturated heterocycles. The first-order valence-electron chi connectivity index (χ1n) is 8.20. The lowest BCUT2D eigenvalue weighted by molar-refractivity contribution is -0.142. The standard InChI is InChI=1S/C17H24N2O3S/c20-17(16-13-21-9-10-22-16)18-15-3-1-14(2-4-15)5-6-19-7-11-23-12-8-19/h1-4,16H,5-13H2,(H,18,20)/t16-/m0/s1. The third kappa shape index (κ3) is 5.21. The summed E-state index contributed by atoms with van der Waals surface area (Å²) in [6, 6.07) is 8.10. The van der Waals surface area contributed by atoms with Gasteiger partial charge in [-0.3, -0.25) is 4.79 Å². The number of hydrogen-bond donors (Lipinski definition) is 1. The SMILES string of the molecule is O=C(Nc1ccc(CCN2CCSCC2)cc1)[C@@H]1COCCO1. The van der Waals surface area contributed by atoms with Crippen molar-refractivity contribution in [1.82, 2.24) is 4.90 Å². The second kappa shape index (κ2) is 8.68. The maximum atomic E-state index is 12.1. The van der Waals surface area contributed by atoms with E-state index in [2.05, 4.69) is 22.3 Å². The van der Waals surface area contributed by atoms with Gasteiger partial charge in [0.2, 0.25) is 0 Å². The summed E-state index contributed by atoms with van der Waals surface area (Å²) < 4.78 is 10.7. The van der Waals surface area contributed by atoms with Gasteiger partial charge in [0, 0.05) is 36.8 Å². The lowest BCUT2D eigenvalue weighted by Crippen LogP contribution is -2.39. The Labute approximate surface area is 141 Å².